The Morgan fingerprint density at radius 3 is 2.80 bits per heavy atom. The van der Waals surface area contributed by atoms with Gasteiger partial charge in [0.15, 0.2) is 5.78 Å². The van der Waals surface area contributed by atoms with E-state index in [4.69, 9.17) is 0 Å². The smallest absolute Gasteiger partial charge is 0.166 e. The third kappa shape index (κ3) is 2.09. The van der Waals surface area contributed by atoms with E-state index in [0.29, 0.717) is 17.9 Å². The molecule has 1 aliphatic carbocycles. The van der Waals surface area contributed by atoms with Crippen LogP contribution in [-0.2, 0) is 0 Å². The molecular formula is C13H15FO. The number of hydrogen-bond acceptors (Lipinski definition) is 1. The fourth-order valence-corrected chi connectivity index (χ4v) is 1.93. The van der Waals surface area contributed by atoms with Crippen LogP contribution in [0.2, 0.25) is 0 Å². The Hall–Kier alpha value is -1.18. The molecule has 0 amide bonds. The van der Waals surface area contributed by atoms with Crippen molar-refractivity contribution in [3.05, 3.63) is 35.1 Å². The van der Waals surface area contributed by atoms with Crippen LogP contribution in [0.3, 0.4) is 0 Å². The first kappa shape index (κ1) is 10.3. The van der Waals surface area contributed by atoms with E-state index < -0.39 is 0 Å². The molecule has 2 heteroatoms. The largest absolute Gasteiger partial charge is 0.294 e. The standard InChI is InChI=1S/C13H15FO/c1-9-4-2-7-11(13(9)14)12(15)8-10-5-3-6-10/h2,4,7,10H,3,5-6,8H2,1H3. The van der Waals surface area contributed by atoms with Gasteiger partial charge in [-0.15, -0.1) is 0 Å². The summed E-state index contributed by atoms with van der Waals surface area (Å²) in [6.45, 7) is 1.69. The Kier molecular flexibility index (Phi) is 2.85. The number of hydrogen-bond donors (Lipinski definition) is 0. The number of benzene rings is 1. The normalized spacial score (nSPS) is 16.1. The van der Waals surface area contributed by atoms with Crippen LogP contribution in [0.4, 0.5) is 4.39 Å². The number of halogens is 1. The maximum absolute atomic E-state index is 13.6. The van der Waals surface area contributed by atoms with Crippen molar-refractivity contribution in [2.45, 2.75) is 32.6 Å². The van der Waals surface area contributed by atoms with Gasteiger partial charge in [-0.3, -0.25) is 4.79 Å². The SMILES string of the molecule is Cc1cccc(C(=O)CC2CCC2)c1F. The van der Waals surface area contributed by atoms with Crippen LogP contribution in [0.15, 0.2) is 18.2 Å². The van der Waals surface area contributed by atoms with Gasteiger partial charge in [0.05, 0.1) is 5.56 Å². The van der Waals surface area contributed by atoms with Gasteiger partial charge in [0, 0.05) is 6.42 Å². The zero-order valence-electron chi connectivity index (χ0n) is 8.92. The van der Waals surface area contributed by atoms with E-state index in [-0.39, 0.29) is 17.2 Å². The fraction of sp³-hybridized carbons (Fsp3) is 0.462. The number of carbonyl (C=O) groups is 1. The maximum Gasteiger partial charge on any atom is 0.166 e. The maximum atomic E-state index is 13.6. The third-order valence-electron chi connectivity index (χ3n) is 3.19. The van der Waals surface area contributed by atoms with E-state index in [2.05, 4.69) is 0 Å². The van der Waals surface area contributed by atoms with E-state index in [9.17, 15) is 9.18 Å². The van der Waals surface area contributed by atoms with Gasteiger partial charge in [-0.05, 0) is 24.5 Å². The van der Waals surface area contributed by atoms with Crippen LogP contribution >= 0.6 is 0 Å². The van der Waals surface area contributed by atoms with Gasteiger partial charge in [0.25, 0.3) is 0 Å². The van der Waals surface area contributed by atoms with E-state index >= 15 is 0 Å². The van der Waals surface area contributed by atoms with Crippen LogP contribution in [-0.4, -0.2) is 5.78 Å². The van der Waals surface area contributed by atoms with Crippen molar-refractivity contribution in [2.24, 2.45) is 5.92 Å². The Morgan fingerprint density at radius 2 is 2.20 bits per heavy atom. The average Bonchev–Trinajstić information content (AvgIpc) is 2.15. The van der Waals surface area contributed by atoms with Crippen LogP contribution in [0.25, 0.3) is 0 Å². The molecule has 1 aliphatic rings. The molecule has 0 radical (unpaired) electrons. The molecule has 1 saturated carbocycles. The summed E-state index contributed by atoms with van der Waals surface area (Å²) in [5, 5.41) is 0. The minimum absolute atomic E-state index is 0.0408. The van der Waals surface area contributed by atoms with Crippen molar-refractivity contribution >= 4 is 5.78 Å². The number of Topliss-reactive ketones (excluding diaryl/α,β-unsaturated/α-hetero) is 1. The minimum atomic E-state index is -0.346. The highest BCUT2D eigenvalue weighted by atomic mass is 19.1. The lowest BCUT2D eigenvalue weighted by atomic mass is 9.81. The Labute approximate surface area is 89.3 Å². The predicted molar refractivity (Wildman–Crippen MR) is 57.4 cm³/mol. The van der Waals surface area contributed by atoms with Crippen LogP contribution in [0.1, 0.15) is 41.6 Å². The van der Waals surface area contributed by atoms with Crippen molar-refractivity contribution < 1.29 is 9.18 Å². The van der Waals surface area contributed by atoms with E-state index in [1.807, 2.05) is 0 Å². The second-order valence-corrected chi connectivity index (χ2v) is 4.36. The first-order chi connectivity index (χ1) is 7.18. The molecule has 2 rings (SSSR count). The van der Waals surface area contributed by atoms with Crippen LogP contribution in [0, 0.1) is 18.7 Å². The lowest BCUT2D eigenvalue weighted by molar-refractivity contribution is 0.0932. The third-order valence-corrected chi connectivity index (χ3v) is 3.19. The molecular weight excluding hydrogens is 191 g/mol. The van der Waals surface area contributed by atoms with Gasteiger partial charge in [-0.1, -0.05) is 31.4 Å². The highest BCUT2D eigenvalue weighted by Crippen LogP contribution is 2.31. The lowest BCUT2D eigenvalue weighted by Gasteiger charge is -2.24. The summed E-state index contributed by atoms with van der Waals surface area (Å²) in [4.78, 5) is 11.8. The molecule has 0 atom stereocenters. The van der Waals surface area contributed by atoms with Crippen LogP contribution in [0.5, 0.6) is 0 Å². The minimum Gasteiger partial charge on any atom is -0.294 e. The second kappa shape index (κ2) is 4.13. The molecule has 0 heterocycles. The molecule has 0 aliphatic heterocycles. The van der Waals surface area contributed by atoms with Crippen molar-refractivity contribution in [3.63, 3.8) is 0 Å². The molecule has 80 valence electrons. The Bertz CT molecular complexity index is 380. The molecule has 1 aromatic rings. The van der Waals surface area contributed by atoms with Gasteiger partial charge < -0.3 is 0 Å². The molecule has 0 saturated heterocycles. The summed E-state index contributed by atoms with van der Waals surface area (Å²) >= 11 is 0. The molecule has 0 N–H and O–H groups in total. The number of rotatable bonds is 3. The van der Waals surface area contributed by atoms with Gasteiger partial charge in [-0.2, -0.15) is 0 Å². The molecule has 1 fully saturated rings. The summed E-state index contributed by atoms with van der Waals surface area (Å²) in [7, 11) is 0. The van der Waals surface area contributed by atoms with Gasteiger partial charge in [0.1, 0.15) is 5.82 Å². The summed E-state index contributed by atoms with van der Waals surface area (Å²) in [6.07, 6.45) is 3.98. The summed E-state index contributed by atoms with van der Waals surface area (Å²) in [6, 6.07) is 5.02. The first-order valence-electron chi connectivity index (χ1n) is 5.47. The van der Waals surface area contributed by atoms with Gasteiger partial charge in [-0.25, -0.2) is 4.39 Å². The van der Waals surface area contributed by atoms with Crippen molar-refractivity contribution in [3.8, 4) is 0 Å². The number of carbonyl (C=O) groups excluding carboxylic acids is 1. The summed E-state index contributed by atoms with van der Waals surface area (Å²) in [5.74, 6) is 0.111. The predicted octanol–water partition coefficient (Wildman–Crippen LogP) is 3.51. The summed E-state index contributed by atoms with van der Waals surface area (Å²) in [5.41, 5.74) is 0.816. The average molecular weight is 206 g/mol. The molecule has 1 aromatic carbocycles. The highest BCUT2D eigenvalue weighted by molar-refractivity contribution is 5.96. The molecule has 0 aromatic heterocycles. The number of aryl methyl sites for hydroxylation is 1. The van der Waals surface area contributed by atoms with Gasteiger partial charge in [0.2, 0.25) is 0 Å². The Balaban J connectivity index is 2.13. The molecule has 0 spiro atoms. The fourth-order valence-electron chi connectivity index (χ4n) is 1.93. The van der Waals surface area contributed by atoms with Crippen molar-refractivity contribution in [1.29, 1.82) is 0 Å². The lowest BCUT2D eigenvalue weighted by Crippen LogP contribution is -2.16. The monoisotopic (exact) mass is 206 g/mol. The quantitative estimate of drug-likeness (QED) is 0.692. The molecule has 15 heavy (non-hydrogen) atoms. The number of ketones is 1. The highest BCUT2D eigenvalue weighted by Gasteiger charge is 2.22. The zero-order valence-corrected chi connectivity index (χ0v) is 8.92. The molecule has 0 unspecified atom stereocenters. The van der Waals surface area contributed by atoms with Gasteiger partial charge >= 0.3 is 0 Å². The zero-order chi connectivity index (χ0) is 10.8. The first-order valence-corrected chi connectivity index (χ1v) is 5.47. The van der Waals surface area contributed by atoms with E-state index in [1.54, 1.807) is 25.1 Å². The van der Waals surface area contributed by atoms with E-state index in [1.165, 1.54) is 6.42 Å². The Morgan fingerprint density at radius 1 is 1.47 bits per heavy atom. The second-order valence-electron chi connectivity index (χ2n) is 4.36. The van der Waals surface area contributed by atoms with Crippen molar-refractivity contribution in [2.75, 3.05) is 0 Å². The van der Waals surface area contributed by atoms with Crippen LogP contribution < -0.4 is 0 Å². The molecule has 0 bridgehead atoms. The molecule has 1 nitrogen and oxygen atoms in total. The summed E-state index contributed by atoms with van der Waals surface area (Å²) < 4.78 is 13.6. The van der Waals surface area contributed by atoms with E-state index in [0.717, 1.165) is 12.8 Å². The topological polar surface area (TPSA) is 17.1 Å². The van der Waals surface area contributed by atoms with Crippen molar-refractivity contribution in [1.82, 2.24) is 0 Å².